The quantitative estimate of drug-likeness (QED) is 0.691. The SMILES string of the molecule is CP(=O)(O)O.O=P(c1ccccc1)(c1ccccc1)c1ccccc1. The summed E-state index contributed by atoms with van der Waals surface area (Å²) in [5, 5.41) is 2.62. The van der Waals surface area contributed by atoms with Crippen LogP contribution in [0.5, 0.6) is 0 Å². The summed E-state index contributed by atoms with van der Waals surface area (Å²) in [7, 11) is -6.42. The molecule has 0 amide bonds. The summed E-state index contributed by atoms with van der Waals surface area (Å²) in [5.74, 6) is 0. The highest BCUT2D eigenvalue weighted by atomic mass is 31.2. The van der Waals surface area contributed by atoms with Crippen LogP contribution in [0.25, 0.3) is 0 Å². The Kier molecular flexibility index (Phi) is 6.52. The van der Waals surface area contributed by atoms with E-state index in [1.54, 1.807) is 0 Å². The van der Waals surface area contributed by atoms with Crippen molar-refractivity contribution in [1.82, 2.24) is 0 Å². The van der Waals surface area contributed by atoms with Crippen LogP contribution in [0, 0.1) is 0 Å². The molecular formula is C19H20O4P2. The molecule has 0 aliphatic rings. The molecule has 0 aliphatic heterocycles. The molecule has 25 heavy (non-hydrogen) atoms. The van der Waals surface area contributed by atoms with E-state index in [-0.39, 0.29) is 0 Å². The van der Waals surface area contributed by atoms with E-state index < -0.39 is 14.7 Å². The predicted molar refractivity (Wildman–Crippen MR) is 104 cm³/mol. The van der Waals surface area contributed by atoms with E-state index in [1.165, 1.54) is 0 Å². The molecule has 3 rings (SSSR count). The minimum absolute atomic E-state index is 0.854. The van der Waals surface area contributed by atoms with E-state index >= 15 is 0 Å². The zero-order valence-electron chi connectivity index (χ0n) is 13.8. The van der Waals surface area contributed by atoms with Crippen molar-refractivity contribution < 1.29 is 18.9 Å². The fourth-order valence-corrected chi connectivity index (χ4v) is 5.03. The lowest BCUT2D eigenvalue weighted by Crippen LogP contribution is -2.24. The van der Waals surface area contributed by atoms with Gasteiger partial charge in [-0.3, -0.25) is 4.57 Å². The van der Waals surface area contributed by atoms with Gasteiger partial charge >= 0.3 is 7.60 Å². The van der Waals surface area contributed by atoms with Crippen LogP contribution in [0.4, 0.5) is 0 Å². The maximum Gasteiger partial charge on any atom is 0.322 e. The summed E-state index contributed by atoms with van der Waals surface area (Å²) >= 11 is 0. The highest BCUT2D eigenvalue weighted by molar-refractivity contribution is 7.85. The van der Waals surface area contributed by atoms with Crippen molar-refractivity contribution in [2.75, 3.05) is 6.66 Å². The van der Waals surface area contributed by atoms with Crippen molar-refractivity contribution in [2.45, 2.75) is 0 Å². The van der Waals surface area contributed by atoms with Gasteiger partial charge in [0.15, 0.2) is 7.14 Å². The summed E-state index contributed by atoms with van der Waals surface area (Å²) in [6.07, 6.45) is 0. The van der Waals surface area contributed by atoms with E-state index in [4.69, 9.17) is 9.79 Å². The second-order valence-corrected chi connectivity index (χ2v) is 9.89. The molecule has 4 nitrogen and oxygen atoms in total. The van der Waals surface area contributed by atoms with Crippen molar-refractivity contribution in [3.05, 3.63) is 91.0 Å². The Morgan fingerprint density at radius 3 is 0.960 bits per heavy atom. The maximum absolute atomic E-state index is 13.8. The molecule has 0 aliphatic carbocycles. The van der Waals surface area contributed by atoms with E-state index in [0.29, 0.717) is 0 Å². The highest BCUT2D eigenvalue weighted by Gasteiger charge is 2.28. The first-order chi connectivity index (χ1) is 11.8. The lowest BCUT2D eigenvalue weighted by molar-refractivity contribution is 0.381. The lowest BCUT2D eigenvalue weighted by atomic mass is 10.4. The first-order valence-electron chi connectivity index (χ1n) is 7.62. The standard InChI is InChI=1S/C18H15OP.CH5O3P/c19-20(16-10-4-1-5-11-16,17-12-6-2-7-13-17)18-14-8-3-9-15-18;1-5(2,3)4/h1-15H;1H3,(H2,2,3,4). The van der Waals surface area contributed by atoms with Gasteiger partial charge in [-0.2, -0.15) is 0 Å². The second-order valence-electron chi connectivity index (χ2n) is 5.45. The minimum atomic E-state index is -3.64. The van der Waals surface area contributed by atoms with E-state index in [0.717, 1.165) is 22.6 Å². The normalized spacial score (nSPS) is 11.3. The Balaban J connectivity index is 0.000000399. The van der Waals surface area contributed by atoms with E-state index in [1.807, 2.05) is 91.0 Å². The van der Waals surface area contributed by atoms with Gasteiger partial charge in [-0.15, -0.1) is 0 Å². The molecule has 2 N–H and O–H groups in total. The Labute approximate surface area is 147 Å². The van der Waals surface area contributed by atoms with Gasteiger partial charge in [-0.25, -0.2) is 0 Å². The first-order valence-corrected chi connectivity index (χ1v) is 11.4. The van der Waals surface area contributed by atoms with Crippen LogP contribution >= 0.6 is 14.7 Å². The van der Waals surface area contributed by atoms with E-state index in [9.17, 15) is 9.13 Å². The van der Waals surface area contributed by atoms with Crippen LogP contribution in [-0.2, 0) is 9.13 Å². The molecule has 0 atom stereocenters. The fraction of sp³-hybridized carbons (Fsp3) is 0.0526. The highest BCUT2D eigenvalue weighted by Crippen LogP contribution is 2.41. The van der Waals surface area contributed by atoms with Gasteiger partial charge in [0.05, 0.1) is 0 Å². The van der Waals surface area contributed by atoms with Crippen molar-refractivity contribution >= 4 is 30.7 Å². The van der Waals surface area contributed by atoms with E-state index in [2.05, 4.69) is 0 Å². The van der Waals surface area contributed by atoms with Gasteiger partial charge in [0, 0.05) is 22.6 Å². The fourth-order valence-electron chi connectivity index (χ4n) is 2.36. The molecule has 130 valence electrons. The monoisotopic (exact) mass is 374 g/mol. The summed E-state index contributed by atoms with van der Waals surface area (Å²) in [5.41, 5.74) is 0. The topological polar surface area (TPSA) is 74.6 Å². The molecule has 0 radical (unpaired) electrons. The third-order valence-electron chi connectivity index (χ3n) is 3.36. The Bertz CT molecular complexity index is 763. The van der Waals surface area contributed by atoms with Crippen molar-refractivity contribution in [3.8, 4) is 0 Å². The molecule has 6 heteroatoms. The van der Waals surface area contributed by atoms with Gasteiger partial charge in [0.2, 0.25) is 0 Å². The number of hydrogen-bond donors (Lipinski definition) is 2. The molecule has 0 unspecified atom stereocenters. The molecule has 0 saturated heterocycles. The first kappa shape index (κ1) is 19.4. The van der Waals surface area contributed by atoms with Gasteiger partial charge in [-0.05, 0) is 0 Å². The Morgan fingerprint density at radius 2 is 0.760 bits per heavy atom. The molecular weight excluding hydrogens is 354 g/mol. The molecule has 0 heterocycles. The van der Waals surface area contributed by atoms with Crippen molar-refractivity contribution in [2.24, 2.45) is 0 Å². The minimum Gasteiger partial charge on any atom is -0.325 e. The molecule has 0 bridgehead atoms. The number of rotatable bonds is 3. The smallest absolute Gasteiger partial charge is 0.322 e. The van der Waals surface area contributed by atoms with Gasteiger partial charge in [0.25, 0.3) is 0 Å². The Hall–Kier alpha value is -1.96. The van der Waals surface area contributed by atoms with Crippen molar-refractivity contribution in [3.63, 3.8) is 0 Å². The maximum atomic E-state index is 13.8. The Morgan fingerprint density at radius 1 is 0.560 bits per heavy atom. The van der Waals surface area contributed by atoms with Crippen LogP contribution in [0.3, 0.4) is 0 Å². The average molecular weight is 374 g/mol. The molecule has 0 saturated carbocycles. The van der Waals surface area contributed by atoms with Crippen LogP contribution in [-0.4, -0.2) is 16.5 Å². The number of hydrogen-bond acceptors (Lipinski definition) is 2. The average Bonchev–Trinajstić information content (AvgIpc) is 2.62. The summed E-state index contributed by atoms with van der Waals surface area (Å²) < 4.78 is 23.1. The molecule has 0 aromatic heterocycles. The molecule has 3 aromatic carbocycles. The van der Waals surface area contributed by atoms with Crippen LogP contribution in [0.15, 0.2) is 91.0 Å². The van der Waals surface area contributed by atoms with Crippen molar-refractivity contribution in [1.29, 1.82) is 0 Å². The van der Waals surface area contributed by atoms with Gasteiger partial charge in [-0.1, -0.05) is 91.0 Å². The van der Waals surface area contributed by atoms with Crippen LogP contribution in [0.1, 0.15) is 0 Å². The third kappa shape index (κ3) is 5.52. The van der Waals surface area contributed by atoms with Gasteiger partial charge in [0.1, 0.15) is 0 Å². The largest absolute Gasteiger partial charge is 0.325 e. The summed E-state index contributed by atoms with van der Waals surface area (Å²) in [6.45, 7) is 0.854. The van der Waals surface area contributed by atoms with Crippen LogP contribution < -0.4 is 15.9 Å². The lowest BCUT2D eigenvalue weighted by Gasteiger charge is -2.19. The summed E-state index contributed by atoms with van der Waals surface area (Å²) in [4.78, 5) is 15.3. The van der Waals surface area contributed by atoms with Crippen LogP contribution in [0.2, 0.25) is 0 Å². The predicted octanol–water partition coefficient (Wildman–Crippen LogP) is 3.12. The second kappa shape index (κ2) is 8.42. The van der Waals surface area contributed by atoms with Gasteiger partial charge < -0.3 is 14.4 Å². The number of benzene rings is 3. The molecule has 0 spiro atoms. The molecule has 3 aromatic rings. The zero-order valence-corrected chi connectivity index (χ0v) is 15.6. The zero-order chi connectivity index (χ0) is 18.3. The molecule has 0 fully saturated rings. The third-order valence-corrected chi connectivity index (χ3v) is 6.44. The summed E-state index contributed by atoms with van der Waals surface area (Å²) in [6, 6.07) is 29.1.